The maximum atomic E-state index is 13.3. The summed E-state index contributed by atoms with van der Waals surface area (Å²) in [5.41, 5.74) is 3.13. The van der Waals surface area contributed by atoms with Crippen LogP contribution in [0.3, 0.4) is 0 Å². The summed E-state index contributed by atoms with van der Waals surface area (Å²) in [4.78, 5) is 32.6. The lowest BCUT2D eigenvalue weighted by Crippen LogP contribution is -2.64. The molecule has 180 valence electrons. The van der Waals surface area contributed by atoms with Crippen molar-refractivity contribution in [3.05, 3.63) is 87.6 Å². The minimum atomic E-state index is -0.526. The van der Waals surface area contributed by atoms with Gasteiger partial charge in [0.1, 0.15) is 11.5 Å². The molecule has 0 N–H and O–H groups in total. The maximum Gasteiger partial charge on any atom is 0.291 e. The summed E-state index contributed by atoms with van der Waals surface area (Å²) in [5.74, 6) is -0.604. The molecule has 2 aliphatic rings. The van der Waals surface area contributed by atoms with Crippen molar-refractivity contribution >= 4 is 11.6 Å². The molecule has 4 heterocycles. The van der Waals surface area contributed by atoms with Crippen LogP contribution in [-0.2, 0) is 24.3 Å². The third kappa shape index (κ3) is 4.83. The second-order valence-electron chi connectivity index (χ2n) is 8.99. The van der Waals surface area contributed by atoms with Gasteiger partial charge >= 0.3 is 0 Å². The number of nitrogens with zero attached hydrogens (tertiary/aromatic N) is 6. The zero-order valence-corrected chi connectivity index (χ0v) is 19.4. The fraction of sp³-hybridized carbons (Fsp3) is 0.320. The number of benzene rings is 1. The lowest BCUT2D eigenvalue weighted by atomic mass is 10.1. The largest absolute Gasteiger partial charge is 0.333 e. The van der Waals surface area contributed by atoms with Crippen LogP contribution in [-0.4, -0.2) is 58.8 Å². The number of hydrogen-bond acceptors (Lipinski definition) is 6. The van der Waals surface area contributed by atoms with Gasteiger partial charge in [-0.05, 0) is 42.9 Å². The average molecular weight is 478 g/mol. The van der Waals surface area contributed by atoms with Crippen molar-refractivity contribution in [2.45, 2.75) is 19.5 Å². The van der Waals surface area contributed by atoms with E-state index in [1.165, 1.54) is 24.3 Å². The van der Waals surface area contributed by atoms with Gasteiger partial charge in [-0.25, -0.2) is 9.37 Å². The smallest absolute Gasteiger partial charge is 0.291 e. The van der Waals surface area contributed by atoms with Gasteiger partial charge in [0.2, 0.25) is 12.1 Å². The highest BCUT2D eigenvalue weighted by Crippen LogP contribution is 2.26. The number of halogens is 1. The van der Waals surface area contributed by atoms with E-state index in [-0.39, 0.29) is 29.5 Å². The van der Waals surface area contributed by atoms with Gasteiger partial charge < -0.3 is 9.80 Å². The molecule has 0 unspecified atom stereocenters. The van der Waals surface area contributed by atoms with Crippen LogP contribution in [0, 0.1) is 15.9 Å². The number of likely N-dealkylation sites (N-methyl/N-ethyl adjacent to an activating group) is 1. The molecule has 9 nitrogen and oxygen atoms in total. The van der Waals surface area contributed by atoms with E-state index in [0.29, 0.717) is 24.3 Å². The number of aromatic nitrogens is 2. The molecule has 2 aliphatic heterocycles. The first kappa shape index (κ1) is 22.9. The summed E-state index contributed by atoms with van der Waals surface area (Å²) in [6, 6.07) is 10.6. The van der Waals surface area contributed by atoms with Crippen molar-refractivity contribution in [3.63, 3.8) is 0 Å². The van der Waals surface area contributed by atoms with E-state index in [1.807, 2.05) is 12.3 Å². The van der Waals surface area contributed by atoms with E-state index in [0.717, 1.165) is 37.3 Å². The first-order valence-corrected chi connectivity index (χ1v) is 11.5. The normalized spacial score (nSPS) is 15.8. The SMILES string of the molecule is CN1CCN([n+]2ccc3c(c2)CN(C(=O)Cc2nc(-c4ccc(F)cc4)ccc2[N+](=O)[O-])C3)CC1. The van der Waals surface area contributed by atoms with Crippen LogP contribution >= 0.6 is 0 Å². The quantitative estimate of drug-likeness (QED) is 0.318. The number of piperazine rings is 1. The van der Waals surface area contributed by atoms with E-state index in [9.17, 15) is 19.3 Å². The summed E-state index contributed by atoms with van der Waals surface area (Å²) < 4.78 is 15.4. The van der Waals surface area contributed by atoms with Crippen molar-refractivity contribution in [3.8, 4) is 11.3 Å². The highest BCUT2D eigenvalue weighted by atomic mass is 19.1. The Morgan fingerprint density at radius 1 is 1.06 bits per heavy atom. The van der Waals surface area contributed by atoms with E-state index < -0.39 is 4.92 Å². The number of nitro groups is 1. The van der Waals surface area contributed by atoms with Gasteiger partial charge in [-0.15, -0.1) is 0 Å². The number of fused-ring (bicyclic) bond motifs is 1. The molecular weight excluding hydrogens is 451 g/mol. The van der Waals surface area contributed by atoms with Crippen LogP contribution < -0.4 is 9.69 Å². The van der Waals surface area contributed by atoms with Crippen molar-refractivity contribution in [1.82, 2.24) is 14.8 Å². The summed E-state index contributed by atoms with van der Waals surface area (Å²) in [5, 5.41) is 13.9. The Morgan fingerprint density at radius 2 is 1.77 bits per heavy atom. The third-order valence-electron chi connectivity index (χ3n) is 6.62. The Kier molecular flexibility index (Phi) is 6.12. The van der Waals surface area contributed by atoms with Gasteiger partial charge in [0.15, 0.2) is 6.20 Å². The average Bonchev–Trinajstić information content (AvgIpc) is 3.28. The Balaban J connectivity index is 1.33. The summed E-state index contributed by atoms with van der Waals surface area (Å²) in [6.07, 6.45) is 3.91. The topological polar surface area (TPSA) is 86.7 Å². The Hall–Kier alpha value is -3.92. The van der Waals surface area contributed by atoms with Crippen molar-refractivity contribution in [2.24, 2.45) is 0 Å². The lowest BCUT2D eigenvalue weighted by molar-refractivity contribution is -0.694. The molecule has 1 fully saturated rings. The number of carbonyl (C=O) groups is 1. The van der Waals surface area contributed by atoms with Crippen LogP contribution in [0.4, 0.5) is 10.1 Å². The molecule has 0 radical (unpaired) electrons. The second kappa shape index (κ2) is 9.38. The first-order chi connectivity index (χ1) is 16.9. The molecular formula is C25H26FN6O3+. The van der Waals surface area contributed by atoms with Crippen molar-refractivity contribution < 1.29 is 18.8 Å². The number of amides is 1. The standard InChI is InChI=1S/C25H26FN6O3/c1-28-10-12-30(13-11-28)31-9-8-19-15-29(16-20(19)17-31)25(33)14-23-24(32(34)35)7-6-22(27-23)18-2-4-21(26)5-3-18/h2-9,17H,10-16H2,1H3/q+1. The number of pyridine rings is 2. The monoisotopic (exact) mass is 477 g/mol. The van der Waals surface area contributed by atoms with Crippen LogP contribution in [0.1, 0.15) is 16.8 Å². The zero-order valence-electron chi connectivity index (χ0n) is 19.4. The van der Waals surface area contributed by atoms with Crippen LogP contribution in [0.5, 0.6) is 0 Å². The van der Waals surface area contributed by atoms with Crippen molar-refractivity contribution in [2.75, 3.05) is 38.2 Å². The fourth-order valence-electron chi connectivity index (χ4n) is 4.53. The van der Waals surface area contributed by atoms with E-state index in [2.05, 4.69) is 32.8 Å². The minimum absolute atomic E-state index is 0.102. The number of rotatable bonds is 5. The van der Waals surface area contributed by atoms with Crippen molar-refractivity contribution in [1.29, 1.82) is 0 Å². The second-order valence-corrected chi connectivity index (χ2v) is 8.99. The van der Waals surface area contributed by atoms with Crippen LogP contribution in [0.25, 0.3) is 11.3 Å². The molecule has 0 atom stereocenters. The van der Waals surface area contributed by atoms with Gasteiger partial charge in [-0.3, -0.25) is 14.9 Å². The van der Waals surface area contributed by atoms with Crippen LogP contribution in [0.2, 0.25) is 0 Å². The molecule has 0 saturated carbocycles. The first-order valence-electron chi connectivity index (χ1n) is 11.5. The highest BCUT2D eigenvalue weighted by molar-refractivity contribution is 5.80. The highest BCUT2D eigenvalue weighted by Gasteiger charge is 2.30. The summed E-state index contributed by atoms with van der Waals surface area (Å²) >= 11 is 0. The predicted molar refractivity (Wildman–Crippen MR) is 126 cm³/mol. The van der Waals surface area contributed by atoms with Gasteiger partial charge in [0.25, 0.3) is 5.69 Å². The molecule has 1 aromatic carbocycles. The Morgan fingerprint density at radius 3 is 2.49 bits per heavy atom. The fourth-order valence-corrected chi connectivity index (χ4v) is 4.53. The van der Waals surface area contributed by atoms with E-state index >= 15 is 0 Å². The van der Waals surface area contributed by atoms with E-state index in [4.69, 9.17) is 0 Å². The van der Waals surface area contributed by atoms with Gasteiger partial charge in [-0.1, -0.05) is 4.68 Å². The molecule has 0 bridgehead atoms. The number of hydrogen-bond donors (Lipinski definition) is 0. The van der Waals surface area contributed by atoms with E-state index in [1.54, 1.807) is 17.0 Å². The third-order valence-corrected chi connectivity index (χ3v) is 6.62. The molecule has 10 heteroatoms. The molecule has 3 aromatic rings. The van der Waals surface area contributed by atoms with Gasteiger partial charge in [0.05, 0.1) is 36.7 Å². The summed E-state index contributed by atoms with van der Waals surface area (Å²) in [6.45, 7) is 4.77. The lowest BCUT2D eigenvalue weighted by Gasteiger charge is -2.28. The predicted octanol–water partition coefficient (Wildman–Crippen LogP) is 2.05. The minimum Gasteiger partial charge on any atom is -0.333 e. The van der Waals surface area contributed by atoms with Crippen LogP contribution in [0.15, 0.2) is 54.9 Å². The Labute approximate surface area is 202 Å². The molecule has 0 aliphatic carbocycles. The van der Waals surface area contributed by atoms with Gasteiger partial charge in [0, 0.05) is 42.9 Å². The van der Waals surface area contributed by atoms with Gasteiger partial charge in [-0.2, -0.15) is 5.01 Å². The summed E-state index contributed by atoms with van der Waals surface area (Å²) in [7, 11) is 2.11. The maximum absolute atomic E-state index is 13.3. The molecule has 1 amide bonds. The molecule has 1 saturated heterocycles. The number of carbonyl (C=O) groups excluding carboxylic acids is 1. The molecule has 5 rings (SSSR count). The molecule has 0 spiro atoms. The molecule has 35 heavy (non-hydrogen) atoms. The Bertz CT molecular complexity index is 1270. The zero-order chi connectivity index (χ0) is 24.5. The molecule has 2 aromatic heterocycles.